The van der Waals surface area contributed by atoms with Crippen molar-refractivity contribution >= 4 is 10.2 Å². The van der Waals surface area contributed by atoms with Crippen LogP contribution in [-0.4, -0.2) is 44.6 Å². The lowest BCUT2D eigenvalue weighted by atomic mass is 10.2. The summed E-state index contributed by atoms with van der Waals surface area (Å²) in [5.41, 5.74) is 0. The number of hydrogen-bond acceptors (Lipinski definition) is 3. The molecule has 1 aliphatic heterocycles. The highest BCUT2D eigenvalue weighted by molar-refractivity contribution is 7.86. The maximum atomic E-state index is 12.2. The lowest BCUT2D eigenvalue weighted by molar-refractivity contribution is -0.160. The first kappa shape index (κ1) is 11.7. The van der Waals surface area contributed by atoms with Gasteiger partial charge in [-0.05, 0) is 0 Å². The molecule has 9 heteroatoms. The van der Waals surface area contributed by atoms with Crippen LogP contribution in [0.15, 0.2) is 0 Å². The van der Waals surface area contributed by atoms with Gasteiger partial charge in [0, 0.05) is 19.6 Å². The monoisotopic (exact) mass is 233 g/mol. The average molecular weight is 233 g/mol. The van der Waals surface area contributed by atoms with Crippen LogP contribution in [0.5, 0.6) is 0 Å². The fourth-order valence-corrected chi connectivity index (χ4v) is 1.88. The molecule has 0 spiro atoms. The summed E-state index contributed by atoms with van der Waals surface area (Å²) in [4.78, 5) is 0. The van der Waals surface area contributed by atoms with Crippen molar-refractivity contribution in [1.82, 2.24) is 9.62 Å². The van der Waals surface area contributed by atoms with Gasteiger partial charge in [-0.3, -0.25) is 0 Å². The molecule has 1 fully saturated rings. The summed E-state index contributed by atoms with van der Waals surface area (Å²) in [5.74, 6) is 0. The Balaban J connectivity index is 2.71. The zero-order valence-electron chi connectivity index (χ0n) is 7.08. The van der Waals surface area contributed by atoms with Crippen LogP contribution in [0.4, 0.5) is 13.2 Å². The van der Waals surface area contributed by atoms with E-state index in [-0.39, 0.29) is 13.1 Å². The van der Waals surface area contributed by atoms with Crippen molar-refractivity contribution in [2.24, 2.45) is 5.14 Å². The van der Waals surface area contributed by atoms with Crippen molar-refractivity contribution in [3.8, 4) is 0 Å². The van der Waals surface area contributed by atoms with Gasteiger partial charge in [0.1, 0.15) is 6.04 Å². The highest BCUT2D eigenvalue weighted by Gasteiger charge is 2.43. The summed E-state index contributed by atoms with van der Waals surface area (Å²) in [5, 5.41) is 6.89. The molecule has 1 unspecified atom stereocenters. The lowest BCUT2D eigenvalue weighted by Gasteiger charge is -2.32. The summed E-state index contributed by atoms with van der Waals surface area (Å²) < 4.78 is 58.7. The molecule has 14 heavy (non-hydrogen) atoms. The Morgan fingerprint density at radius 3 is 2.43 bits per heavy atom. The van der Waals surface area contributed by atoms with E-state index in [9.17, 15) is 21.6 Å². The van der Waals surface area contributed by atoms with Crippen molar-refractivity contribution < 1.29 is 21.6 Å². The van der Waals surface area contributed by atoms with Gasteiger partial charge in [-0.1, -0.05) is 0 Å². The van der Waals surface area contributed by atoms with Crippen molar-refractivity contribution in [3.05, 3.63) is 0 Å². The second-order valence-electron chi connectivity index (χ2n) is 2.95. The van der Waals surface area contributed by atoms with E-state index in [0.29, 0.717) is 4.31 Å². The van der Waals surface area contributed by atoms with E-state index in [1.807, 2.05) is 0 Å². The van der Waals surface area contributed by atoms with Crippen LogP contribution in [0, 0.1) is 0 Å². The largest absolute Gasteiger partial charge is 0.405 e. The van der Waals surface area contributed by atoms with Crippen molar-refractivity contribution in [1.29, 1.82) is 0 Å². The smallest absolute Gasteiger partial charge is 0.304 e. The van der Waals surface area contributed by atoms with Crippen LogP contribution < -0.4 is 10.5 Å². The average Bonchev–Trinajstić information content (AvgIpc) is 2.01. The first-order valence-corrected chi connectivity index (χ1v) is 5.29. The zero-order valence-corrected chi connectivity index (χ0v) is 7.90. The molecule has 0 aromatic rings. The fraction of sp³-hybridized carbons (Fsp3) is 1.00. The number of nitrogens with zero attached hydrogens (tertiary/aromatic N) is 1. The minimum Gasteiger partial charge on any atom is -0.304 e. The van der Waals surface area contributed by atoms with Gasteiger partial charge in [-0.2, -0.15) is 25.9 Å². The van der Waals surface area contributed by atoms with Crippen LogP contribution in [0.1, 0.15) is 0 Å². The molecular formula is C5H10F3N3O2S. The molecule has 1 heterocycles. The molecule has 0 radical (unpaired) electrons. The number of rotatable bonds is 1. The minimum absolute atomic E-state index is 0.0363. The Kier molecular flexibility index (Phi) is 3.04. The molecule has 0 aliphatic carbocycles. The van der Waals surface area contributed by atoms with Crippen LogP contribution in [0.3, 0.4) is 0 Å². The van der Waals surface area contributed by atoms with Crippen molar-refractivity contribution in [2.45, 2.75) is 12.2 Å². The molecule has 1 rings (SSSR count). The Morgan fingerprint density at radius 2 is 2.00 bits per heavy atom. The molecule has 0 aromatic carbocycles. The number of piperazine rings is 1. The third kappa shape index (κ3) is 2.80. The fourth-order valence-electron chi connectivity index (χ4n) is 1.17. The van der Waals surface area contributed by atoms with Gasteiger partial charge in [-0.25, -0.2) is 5.14 Å². The molecule has 0 bridgehead atoms. The van der Waals surface area contributed by atoms with E-state index in [1.54, 1.807) is 0 Å². The molecule has 1 saturated heterocycles. The van der Waals surface area contributed by atoms with Gasteiger partial charge in [0.05, 0.1) is 0 Å². The predicted molar refractivity (Wildman–Crippen MR) is 42.5 cm³/mol. The van der Waals surface area contributed by atoms with Crippen LogP contribution in [0.25, 0.3) is 0 Å². The quantitative estimate of drug-likeness (QED) is 0.611. The van der Waals surface area contributed by atoms with Crippen molar-refractivity contribution in [2.75, 3.05) is 19.6 Å². The van der Waals surface area contributed by atoms with Gasteiger partial charge in [0.15, 0.2) is 0 Å². The zero-order chi connectivity index (χ0) is 11.0. The third-order valence-electron chi connectivity index (χ3n) is 1.89. The molecule has 0 amide bonds. The SMILES string of the molecule is NS(=O)(=O)N1CCNC(C(F)(F)F)C1. The van der Waals surface area contributed by atoms with Gasteiger partial charge < -0.3 is 5.32 Å². The van der Waals surface area contributed by atoms with E-state index in [2.05, 4.69) is 5.32 Å². The van der Waals surface area contributed by atoms with E-state index >= 15 is 0 Å². The Labute approximate surface area is 79.2 Å². The highest BCUT2D eigenvalue weighted by atomic mass is 32.2. The number of nitrogens with two attached hydrogens (primary N) is 1. The van der Waals surface area contributed by atoms with Crippen LogP contribution in [0.2, 0.25) is 0 Å². The number of nitrogens with one attached hydrogen (secondary N) is 1. The molecule has 0 aromatic heterocycles. The number of alkyl halides is 3. The van der Waals surface area contributed by atoms with Gasteiger partial charge >= 0.3 is 6.18 Å². The molecule has 1 atom stereocenters. The van der Waals surface area contributed by atoms with Gasteiger partial charge in [0.2, 0.25) is 0 Å². The van der Waals surface area contributed by atoms with Gasteiger partial charge in [0.25, 0.3) is 10.2 Å². The molecular weight excluding hydrogens is 223 g/mol. The van der Waals surface area contributed by atoms with Gasteiger partial charge in [-0.15, -0.1) is 0 Å². The Hall–Kier alpha value is -0.380. The third-order valence-corrected chi connectivity index (χ3v) is 2.94. The maximum absolute atomic E-state index is 12.2. The van der Waals surface area contributed by atoms with Crippen molar-refractivity contribution in [3.63, 3.8) is 0 Å². The maximum Gasteiger partial charge on any atom is 0.405 e. The Morgan fingerprint density at radius 1 is 1.43 bits per heavy atom. The molecule has 84 valence electrons. The second-order valence-corrected chi connectivity index (χ2v) is 4.50. The highest BCUT2D eigenvalue weighted by Crippen LogP contribution is 2.22. The standard InChI is InChI=1S/C5H10F3N3O2S/c6-5(7,8)4-3-11(2-1-10-4)14(9,12)13/h4,10H,1-3H2,(H2,9,12,13). The summed E-state index contributed by atoms with van der Waals surface area (Å²) in [6.07, 6.45) is -4.46. The first-order chi connectivity index (χ1) is 6.21. The van der Waals surface area contributed by atoms with Crippen LogP contribution >= 0.6 is 0 Å². The molecule has 1 aliphatic rings. The number of hydrogen-bond donors (Lipinski definition) is 2. The molecule has 5 nitrogen and oxygen atoms in total. The molecule has 3 N–H and O–H groups in total. The summed E-state index contributed by atoms with van der Waals surface area (Å²) in [6.45, 7) is -0.756. The second kappa shape index (κ2) is 3.65. The molecule has 0 saturated carbocycles. The summed E-state index contributed by atoms with van der Waals surface area (Å²) in [6, 6.07) is -1.84. The summed E-state index contributed by atoms with van der Waals surface area (Å²) in [7, 11) is -4.03. The first-order valence-electron chi connectivity index (χ1n) is 3.79. The van der Waals surface area contributed by atoms with E-state index < -0.39 is 29.0 Å². The Bertz CT molecular complexity index is 302. The normalized spacial score (nSPS) is 26.4. The topological polar surface area (TPSA) is 75.4 Å². The predicted octanol–water partition coefficient (Wildman–Crippen LogP) is -0.974. The minimum atomic E-state index is -4.46. The summed E-state index contributed by atoms with van der Waals surface area (Å²) >= 11 is 0. The van der Waals surface area contributed by atoms with E-state index in [1.165, 1.54) is 0 Å². The van der Waals surface area contributed by atoms with Crippen LogP contribution in [-0.2, 0) is 10.2 Å². The number of halogens is 3. The van der Waals surface area contributed by atoms with E-state index in [4.69, 9.17) is 5.14 Å². The van der Waals surface area contributed by atoms with E-state index in [0.717, 1.165) is 0 Å². The lowest BCUT2D eigenvalue weighted by Crippen LogP contribution is -2.59.